The first-order valence-corrected chi connectivity index (χ1v) is 8.08. The lowest BCUT2D eigenvalue weighted by molar-refractivity contribution is -0.385. The van der Waals surface area contributed by atoms with Gasteiger partial charge in [-0.2, -0.15) is 13.2 Å². The minimum atomic E-state index is -4.56. The lowest BCUT2D eigenvalue weighted by Crippen LogP contribution is -2.19. The summed E-state index contributed by atoms with van der Waals surface area (Å²) >= 11 is 0.594. The molecule has 7 nitrogen and oxygen atoms in total. The first-order valence-electron chi connectivity index (χ1n) is 7.27. The molecule has 0 unspecified atom stereocenters. The van der Waals surface area contributed by atoms with E-state index in [-0.39, 0.29) is 15.9 Å². The van der Waals surface area contributed by atoms with E-state index >= 15 is 0 Å². The van der Waals surface area contributed by atoms with E-state index in [1.165, 1.54) is 24.5 Å². The number of alkyl halides is 3. The smallest absolute Gasteiger partial charge is 0.293 e. The second-order valence-electron chi connectivity index (χ2n) is 5.22. The summed E-state index contributed by atoms with van der Waals surface area (Å²) in [7, 11) is 0. The van der Waals surface area contributed by atoms with Crippen molar-refractivity contribution in [3.8, 4) is 11.4 Å². The van der Waals surface area contributed by atoms with Crippen molar-refractivity contribution in [2.45, 2.75) is 22.8 Å². The summed E-state index contributed by atoms with van der Waals surface area (Å²) in [5.41, 5.74) is -0.108. The van der Waals surface area contributed by atoms with Crippen molar-refractivity contribution in [3.05, 3.63) is 58.7 Å². The Balaban J connectivity index is 2.01. The molecule has 0 saturated heterocycles. The van der Waals surface area contributed by atoms with Gasteiger partial charge in [-0.3, -0.25) is 19.7 Å². The second kappa shape index (κ2) is 7.31. The average molecular weight is 399 g/mol. The van der Waals surface area contributed by atoms with Gasteiger partial charge in [0.05, 0.1) is 15.9 Å². The number of halogens is 4. The SMILES string of the molecule is O=[N+]([O-])c1ccc(Sc2nnc(-c3ccncc3)n2CC(F)(F)F)c(F)c1. The predicted molar refractivity (Wildman–Crippen MR) is 86.5 cm³/mol. The van der Waals surface area contributed by atoms with Crippen LogP contribution in [0.1, 0.15) is 0 Å². The first kappa shape index (κ1) is 18.8. The fourth-order valence-corrected chi connectivity index (χ4v) is 3.02. The Morgan fingerprint density at radius 3 is 2.44 bits per heavy atom. The zero-order valence-corrected chi connectivity index (χ0v) is 14.0. The van der Waals surface area contributed by atoms with E-state index in [1.54, 1.807) is 0 Å². The van der Waals surface area contributed by atoms with E-state index in [1.807, 2.05) is 0 Å². The zero-order valence-electron chi connectivity index (χ0n) is 13.2. The van der Waals surface area contributed by atoms with Crippen molar-refractivity contribution in [1.82, 2.24) is 19.7 Å². The molecule has 0 bridgehead atoms. The van der Waals surface area contributed by atoms with Gasteiger partial charge >= 0.3 is 6.18 Å². The molecule has 12 heteroatoms. The molecule has 27 heavy (non-hydrogen) atoms. The Morgan fingerprint density at radius 2 is 1.85 bits per heavy atom. The van der Waals surface area contributed by atoms with Crippen LogP contribution in [0.2, 0.25) is 0 Å². The molecule has 0 aliphatic heterocycles. The lowest BCUT2D eigenvalue weighted by atomic mass is 10.2. The van der Waals surface area contributed by atoms with Crippen LogP contribution in [0.15, 0.2) is 52.8 Å². The van der Waals surface area contributed by atoms with Crippen LogP contribution >= 0.6 is 11.8 Å². The van der Waals surface area contributed by atoms with E-state index in [9.17, 15) is 27.7 Å². The van der Waals surface area contributed by atoms with Gasteiger partial charge in [-0.1, -0.05) is 0 Å². The standard InChI is InChI=1S/C15H9F4N5O2S/c16-11-7-10(24(25)26)1-2-12(11)27-14-22-21-13(9-3-5-20-6-4-9)23(14)8-15(17,18)19/h1-7H,8H2. The van der Waals surface area contributed by atoms with Gasteiger partial charge in [0, 0.05) is 24.0 Å². The minimum absolute atomic E-state index is 0.0560. The van der Waals surface area contributed by atoms with Crippen LogP contribution in [0.3, 0.4) is 0 Å². The van der Waals surface area contributed by atoms with Crippen molar-refractivity contribution in [2.24, 2.45) is 0 Å². The van der Waals surface area contributed by atoms with Gasteiger partial charge < -0.3 is 0 Å². The third-order valence-corrected chi connectivity index (χ3v) is 4.36. The van der Waals surface area contributed by atoms with Crippen LogP contribution in [0.5, 0.6) is 0 Å². The number of non-ortho nitro benzene ring substituents is 1. The maximum absolute atomic E-state index is 14.1. The van der Waals surface area contributed by atoms with Gasteiger partial charge in [-0.05, 0) is 30.0 Å². The van der Waals surface area contributed by atoms with Crippen LogP contribution < -0.4 is 0 Å². The van der Waals surface area contributed by atoms with E-state index in [0.717, 1.165) is 16.7 Å². The molecule has 2 heterocycles. The van der Waals surface area contributed by atoms with Crippen molar-refractivity contribution in [3.63, 3.8) is 0 Å². The Kier molecular flexibility index (Phi) is 5.08. The Labute approximate surface area is 153 Å². The van der Waals surface area contributed by atoms with Crippen LogP contribution in [-0.2, 0) is 6.54 Å². The number of nitrogens with zero attached hydrogens (tertiary/aromatic N) is 5. The van der Waals surface area contributed by atoms with Crippen LogP contribution in [0.25, 0.3) is 11.4 Å². The molecule has 0 amide bonds. The second-order valence-corrected chi connectivity index (χ2v) is 6.23. The highest BCUT2D eigenvalue weighted by molar-refractivity contribution is 7.99. The molecule has 0 spiro atoms. The largest absolute Gasteiger partial charge is 0.406 e. The number of nitro benzene ring substituents is 1. The Bertz CT molecular complexity index is 978. The maximum Gasteiger partial charge on any atom is 0.406 e. The number of benzene rings is 1. The third-order valence-electron chi connectivity index (χ3n) is 3.32. The number of pyridine rings is 1. The molecular weight excluding hydrogens is 390 g/mol. The van der Waals surface area contributed by atoms with Crippen LogP contribution in [0, 0.1) is 15.9 Å². The molecule has 3 rings (SSSR count). The Morgan fingerprint density at radius 1 is 1.15 bits per heavy atom. The highest BCUT2D eigenvalue weighted by Crippen LogP contribution is 2.34. The number of aromatic nitrogens is 4. The number of rotatable bonds is 5. The van der Waals surface area contributed by atoms with Gasteiger partial charge in [-0.15, -0.1) is 10.2 Å². The van der Waals surface area contributed by atoms with Gasteiger partial charge in [0.15, 0.2) is 11.0 Å². The monoisotopic (exact) mass is 399 g/mol. The van der Waals surface area contributed by atoms with E-state index in [2.05, 4.69) is 15.2 Å². The molecule has 0 N–H and O–H groups in total. The van der Waals surface area contributed by atoms with Gasteiger partial charge in [-0.25, -0.2) is 4.39 Å². The lowest BCUT2D eigenvalue weighted by Gasteiger charge is -2.12. The zero-order chi connectivity index (χ0) is 19.6. The molecule has 2 aromatic heterocycles. The summed E-state index contributed by atoms with van der Waals surface area (Å²) in [5, 5.41) is 18.0. The molecule has 0 aliphatic rings. The molecule has 0 aliphatic carbocycles. The molecule has 0 fully saturated rings. The summed E-state index contributed by atoms with van der Waals surface area (Å²) in [6, 6.07) is 5.79. The molecule has 0 radical (unpaired) electrons. The summed E-state index contributed by atoms with van der Waals surface area (Å²) in [6.45, 7) is -1.38. The quantitative estimate of drug-likeness (QED) is 0.365. The Hall–Kier alpha value is -3.02. The van der Waals surface area contributed by atoms with E-state index in [4.69, 9.17) is 0 Å². The highest BCUT2D eigenvalue weighted by atomic mass is 32.2. The predicted octanol–water partition coefficient (Wildman–Crippen LogP) is 4.10. The molecular formula is C15H9F4N5O2S. The summed E-state index contributed by atoms with van der Waals surface area (Å²) in [5.74, 6) is -0.999. The van der Waals surface area contributed by atoms with Gasteiger partial charge in [0.25, 0.3) is 5.69 Å². The van der Waals surface area contributed by atoms with E-state index in [0.29, 0.717) is 23.4 Å². The van der Waals surface area contributed by atoms with Gasteiger partial charge in [0.1, 0.15) is 12.4 Å². The molecule has 3 aromatic rings. The van der Waals surface area contributed by atoms with Crippen molar-refractivity contribution in [2.75, 3.05) is 0 Å². The molecule has 0 atom stereocenters. The van der Waals surface area contributed by atoms with Crippen molar-refractivity contribution < 1.29 is 22.5 Å². The fourth-order valence-electron chi connectivity index (χ4n) is 2.18. The third kappa shape index (κ3) is 4.39. The molecule has 0 saturated carbocycles. The maximum atomic E-state index is 14.1. The number of nitro groups is 1. The van der Waals surface area contributed by atoms with Gasteiger partial charge in [0.2, 0.25) is 0 Å². The highest BCUT2D eigenvalue weighted by Gasteiger charge is 2.32. The van der Waals surface area contributed by atoms with Crippen molar-refractivity contribution in [1.29, 1.82) is 0 Å². The van der Waals surface area contributed by atoms with E-state index < -0.39 is 29.1 Å². The summed E-state index contributed by atoms with van der Waals surface area (Å²) < 4.78 is 53.9. The summed E-state index contributed by atoms with van der Waals surface area (Å²) in [6.07, 6.45) is -1.77. The molecule has 1 aromatic carbocycles. The topological polar surface area (TPSA) is 86.7 Å². The fraction of sp³-hybridized carbons (Fsp3) is 0.133. The van der Waals surface area contributed by atoms with Crippen molar-refractivity contribution >= 4 is 17.4 Å². The van der Waals surface area contributed by atoms with Crippen LogP contribution in [-0.4, -0.2) is 30.8 Å². The number of hydrogen-bond donors (Lipinski definition) is 0. The minimum Gasteiger partial charge on any atom is -0.293 e. The molecule has 140 valence electrons. The normalized spacial score (nSPS) is 11.6. The van der Waals surface area contributed by atoms with Crippen LogP contribution in [0.4, 0.5) is 23.2 Å². The number of hydrogen-bond acceptors (Lipinski definition) is 6. The summed E-state index contributed by atoms with van der Waals surface area (Å²) in [4.78, 5) is 13.6. The first-order chi connectivity index (χ1) is 12.7. The average Bonchev–Trinajstić information content (AvgIpc) is 2.98.